The molecule has 0 aliphatic rings. The fourth-order valence-electron chi connectivity index (χ4n) is 2.32. The molecule has 9 N–H and O–H groups in total. The van der Waals surface area contributed by atoms with Crippen LogP contribution in [0.1, 0.15) is 39.5 Å². The zero-order valence-electron chi connectivity index (χ0n) is 16.8. The number of aliphatic carboxylic acids is 2. The molecule has 0 rings (SSSR count). The lowest BCUT2D eigenvalue weighted by atomic mass is 9.97. The number of nitrogens with one attached hydrogen (secondary N) is 3. The van der Waals surface area contributed by atoms with Crippen LogP contribution in [0.25, 0.3) is 0 Å². The van der Waals surface area contributed by atoms with Crippen molar-refractivity contribution in [3.63, 3.8) is 0 Å². The topological polar surface area (TPSA) is 231 Å². The van der Waals surface area contributed by atoms with Crippen molar-refractivity contribution in [2.75, 3.05) is 6.54 Å². The van der Waals surface area contributed by atoms with Crippen LogP contribution in [0.15, 0.2) is 0 Å². The Labute approximate surface area is 172 Å². The molecule has 0 saturated heterocycles. The highest BCUT2D eigenvalue weighted by Crippen LogP contribution is 2.10. The fraction of sp³-hybridized carbons (Fsp3) is 0.647. The molecule has 0 saturated carbocycles. The first kappa shape index (κ1) is 26.8. The monoisotopic (exact) mass is 431 g/mol. The number of carboxylic acids is 2. The van der Waals surface area contributed by atoms with Crippen LogP contribution >= 0.6 is 0 Å². The van der Waals surface area contributed by atoms with Crippen molar-refractivity contribution in [2.24, 2.45) is 17.4 Å². The van der Waals surface area contributed by atoms with E-state index in [1.54, 1.807) is 13.8 Å². The van der Waals surface area contributed by atoms with E-state index in [2.05, 4.69) is 10.6 Å². The Balaban J connectivity index is 5.29. The van der Waals surface area contributed by atoms with Crippen LogP contribution < -0.4 is 27.4 Å². The van der Waals surface area contributed by atoms with E-state index in [0.717, 1.165) is 0 Å². The molecule has 0 aliphatic heterocycles. The molecule has 0 aliphatic carbocycles. The molecule has 0 spiro atoms. The number of amides is 4. The van der Waals surface area contributed by atoms with Gasteiger partial charge in [-0.2, -0.15) is 0 Å². The summed E-state index contributed by atoms with van der Waals surface area (Å²) < 4.78 is 0. The van der Waals surface area contributed by atoms with Crippen molar-refractivity contribution in [2.45, 2.75) is 57.7 Å². The van der Waals surface area contributed by atoms with Crippen molar-refractivity contribution < 1.29 is 39.0 Å². The number of rotatable bonds is 14. The highest BCUT2D eigenvalue weighted by Gasteiger charge is 2.32. The SMILES string of the molecule is CCC(C)C(NC(=O)C(N)CCC(N)=O)C(=O)NC(CC(=O)O)C(=O)NCC(=O)O. The molecule has 0 aromatic heterocycles. The Morgan fingerprint density at radius 3 is 2.00 bits per heavy atom. The van der Waals surface area contributed by atoms with Gasteiger partial charge in [-0.15, -0.1) is 0 Å². The third-order valence-electron chi connectivity index (χ3n) is 4.26. The molecule has 30 heavy (non-hydrogen) atoms. The van der Waals surface area contributed by atoms with Crippen molar-refractivity contribution in [3.05, 3.63) is 0 Å². The average molecular weight is 431 g/mol. The maximum Gasteiger partial charge on any atom is 0.322 e. The van der Waals surface area contributed by atoms with Gasteiger partial charge < -0.3 is 37.6 Å². The van der Waals surface area contributed by atoms with E-state index >= 15 is 0 Å². The standard InChI is InChI=1S/C17H29N5O8/c1-3-8(2)14(22-15(28)9(18)4-5-11(19)23)17(30)21-10(6-12(24)25)16(29)20-7-13(26)27/h8-10,14H,3-7,18H2,1-2H3,(H2,19,23)(H,20,29)(H,21,30)(H,22,28)(H,24,25)(H,26,27). The molecule has 0 aromatic rings. The molecule has 4 atom stereocenters. The Morgan fingerprint density at radius 1 is 0.933 bits per heavy atom. The number of carboxylic acid groups (broad SMARTS) is 2. The zero-order valence-corrected chi connectivity index (χ0v) is 16.8. The smallest absolute Gasteiger partial charge is 0.322 e. The number of hydrogen-bond acceptors (Lipinski definition) is 7. The van der Waals surface area contributed by atoms with Gasteiger partial charge in [0.2, 0.25) is 23.6 Å². The van der Waals surface area contributed by atoms with Gasteiger partial charge in [0.05, 0.1) is 12.5 Å². The number of hydrogen-bond donors (Lipinski definition) is 7. The minimum atomic E-state index is -1.55. The predicted octanol–water partition coefficient (Wildman–Crippen LogP) is -2.73. The quantitative estimate of drug-likeness (QED) is 0.151. The summed E-state index contributed by atoms with van der Waals surface area (Å²) in [6.07, 6.45) is -0.505. The summed E-state index contributed by atoms with van der Waals surface area (Å²) in [6.45, 7) is 2.64. The summed E-state index contributed by atoms with van der Waals surface area (Å²) in [7, 11) is 0. The first-order valence-corrected chi connectivity index (χ1v) is 9.24. The maximum atomic E-state index is 12.7. The minimum Gasteiger partial charge on any atom is -0.481 e. The highest BCUT2D eigenvalue weighted by molar-refractivity contribution is 5.95. The summed E-state index contributed by atoms with van der Waals surface area (Å²) >= 11 is 0. The van der Waals surface area contributed by atoms with Gasteiger partial charge in [0.25, 0.3) is 0 Å². The van der Waals surface area contributed by atoms with Crippen molar-refractivity contribution >= 4 is 35.6 Å². The van der Waals surface area contributed by atoms with Crippen LogP contribution in [-0.4, -0.2) is 70.5 Å². The summed E-state index contributed by atoms with van der Waals surface area (Å²) in [5.41, 5.74) is 10.7. The lowest BCUT2D eigenvalue weighted by molar-refractivity contribution is -0.142. The second-order valence-electron chi connectivity index (χ2n) is 6.75. The van der Waals surface area contributed by atoms with Gasteiger partial charge in [-0.25, -0.2) is 0 Å². The largest absolute Gasteiger partial charge is 0.481 e. The molecule has 4 amide bonds. The minimum absolute atomic E-state index is 0.0325. The second kappa shape index (κ2) is 13.1. The molecule has 0 radical (unpaired) electrons. The van der Waals surface area contributed by atoms with Gasteiger partial charge in [0, 0.05) is 6.42 Å². The molecular formula is C17H29N5O8. The summed E-state index contributed by atoms with van der Waals surface area (Å²) in [5, 5.41) is 24.2. The number of primary amides is 1. The van der Waals surface area contributed by atoms with Crippen LogP contribution in [0.3, 0.4) is 0 Å². The first-order valence-electron chi connectivity index (χ1n) is 9.24. The van der Waals surface area contributed by atoms with Gasteiger partial charge in [0.15, 0.2) is 0 Å². The molecule has 13 heteroatoms. The fourth-order valence-corrected chi connectivity index (χ4v) is 2.32. The molecule has 0 aromatic carbocycles. The third kappa shape index (κ3) is 10.4. The molecule has 13 nitrogen and oxygen atoms in total. The average Bonchev–Trinajstić information content (AvgIpc) is 2.66. The van der Waals surface area contributed by atoms with Crippen LogP contribution in [0.4, 0.5) is 0 Å². The van der Waals surface area contributed by atoms with E-state index in [1.807, 2.05) is 5.32 Å². The Kier molecular flexibility index (Phi) is 11.7. The summed E-state index contributed by atoms with van der Waals surface area (Å²) in [4.78, 5) is 69.4. The summed E-state index contributed by atoms with van der Waals surface area (Å²) in [6, 6.07) is -3.81. The zero-order chi connectivity index (χ0) is 23.4. The molecule has 4 unspecified atom stereocenters. The molecular weight excluding hydrogens is 402 g/mol. The lowest BCUT2D eigenvalue weighted by Crippen LogP contribution is -2.58. The summed E-state index contributed by atoms with van der Waals surface area (Å²) in [5.74, 6) is -6.36. The van der Waals surface area contributed by atoms with Crippen molar-refractivity contribution in [1.29, 1.82) is 0 Å². The lowest BCUT2D eigenvalue weighted by Gasteiger charge is -2.27. The van der Waals surface area contributed by atoms with Gasteiger partial charge in [-0.1, -0.05) is 20.3 Å². The van der Waals surface area contributed by atoms with E-state index in [-0.39, 0.29) is 12.8 Å². The van der Waals surface area contributed by atoms with E-state index in [4.69, 9.17) is 21.7 Å². The molecule has 0 bridgehead atoms. The van der Waals surface area contributed by atoms with E-state index < -0.39 is 72.6 Å². The Bertz CT molecular complexity index is 669. The van der Waals surface area contributed by atoms with E-state index in [9.17, 15) is 28.8 Å². The van der Waals surface area contributed by atoms with Gasteiger partial charge in [-0.3, -0.25) is 28.8 Å². The Hall–Kier alpha value is -3.22. The molecule has 0 fully saturated rings. The van der Waals surface area contributed by atoms with Crippen LogP contribution in [0.5, 0.6) is 0 Å². The van der Waals surface area contributed by atoms with E-state index in [0.29, 0.717) is 6.42 Å². The first-order chi connectivity index (χ1) is 13.9. The third-order valence-corrected chi connectivity index (χ3v) is 4.26. The number of carbonyl (C=O) groups is 6. The number of carbonyl (C=O) groups excluding carboxylic acids is 4. The normalized spacial score (nSPS) is 14.5. The number of nitrogens with two attached hydrogens (primary N) is 2. The predicted molar refractivity (Wildman–Crippen MR) is 103 cm³/mol. The van der Waals surface area contributed by atoms with E-state index in [1.165, 1.54) is 0 Å². The van der Waals surface area contributed by atoms with Gasteiger partial charge in [0.1, 0.15) is 18.6 Å². The van der Waals surface area contributed by atoms with Crippen LogP contribution in [-0.2, 0) is 28.8 Å². The Morgan fingerprint density at radius 2 is 1.53 bits per heavy atom. The second-order valence-corrected chi connectivity index (χ2v) is 6.75. The van der Waals surface area contributed by atoms with Crippen LogP contribution in [0, 0.1) is 5.92 Å². The van der Waals surface area contributed by atoms with Crippen molar-refractivity contribution in [3.8, 4) is 0 Å². The van der Waals surface area contributed by atoms with Crippen LogP contribution in [0.2, 0.25) is 0 Å². The van der Waals surface area contributed by atoms with Gasteiger partial charge in [-0.05, 0) is 12.3 Å². The maximum absolute atomic E-state index is 12.7. The molecule has 170 valence electrons. The van der Waals surface area contributed by atoms with Gasteiger partial charge >= 0.3 is 11.9 Å². The molecule has 0 heterocycles. The van der Waals surface area contributed by atoms with Crippen molar-refractivity contribution in [1.82, 2.24) is 16.0 Å². The highest BCUT2D eigenvalue weighted by atomic mass is 16.4.